The second kappa shape index (κ2) is 14.3. The summed E-state index contributed by atoms with van der Waals surface area (Å²) in [4.78, 5) is 22.7. The number of carbonyl (C=O) groups is 2. The molecule has 2 aliphatic rings. The summed E-state index contributed by atoms with van der Waals surface area (Å²) in [6.45, 7) is 11.0. The first-order valence-electron chi connectivity index (χ1n) is 11.2. The van der Waals surface area contributed by atoms with E-state index in [1.54, 1.807) is 11.3 Å². The maximum atomic E-state index is 10.6. The quantitative estimate of drug-likeness (QED) is 0.517. The van der Waals surface area contributed by atoms with Crippen molar-refractivity contribution in [3.63, 3.8) is 0 Å². The highest BCUT2D eigenvalue weighted by molar-refractivity contribution is 7.07. The molecule has 2 N–H and O–H groups in total. The van der Waals surface area contributed by atoms with E-state index in [0.29, 0.717) is 12.0 Å². The van der Waals surface area contributed by atoms with Gasteiger partial charge >= 0.3 is 24.3 Å². The zero-order chi connectivity index (χ0) is 28.4. The maximum Gasteiger partial charge on any atom is 0.490 e. The Morgan fingerprint density at radius 3 is 2.22 bits per heavy atom. The van der Waals surface area contributed by atoms with Gasteiger partial charge in [0.1, 0.15) is 5.60 Å². The van der Waals surface area contributed by atoms with E-state index in [1.165, 1.54) is 5.56 Å². The number of halogens is 6. The average molecular weight is 567 g/mol. The van der Waals surface area contributed by atoms with Crippen molar-refractivity contribution in [1.29, 1.82) is 0 Å². The fraction of sp³-hybridized carbons (Fsp3) is 0.727. The number of nitrogens with zero attached hydrogens (tertiary/aromatic N) is 2. The first-order valence-corrected chi connectivity index (χ1v) is 12.1. The molecule has 2 aliphatic heterocycles. The number of carboxylic acid groups (broad SMARTS) is 2. The van der Waals surface area contributed by atoms with Crippen LogP contribution in [0.3, 0.4) is 0 Å². The van der Waals surface area contributed by atoms with Crippen LogP contribution in [-0.4, -0.2) is 102 Å². The van der Waals surface area contributed by atoms with Gasteiger partial charge in [0.15, 0.2) is 0 Å². The average Bonchev–Trinajstić information content (AvgIpc) is 3.36. The number of alkyl halides is 6. The van der Waals surface area contributed by atoms with Crippen LogP contribution in [0.1, 0.15) is 25.8 Å². The minimum absolute atomic E-state index is 0.102. The molecule has 15 heteroatoms. The van der Waals surface area contributed by atoms with E-state index in [0.717, 1.165) is 52.4 Å². The van der Waals surface area contributed by atoms with Gasteiger partial charge in [-0.05, 0) is 55.6 Å². The molecule has 2 fully saturated rings. The van der Waals surface area contributed by atoms with Crippen LogP contribution < -0.4 is 0 Å². The lowest BCUT2D eigenvalue weighted by atomic mass is 9.93. The normalized spacial score (nSPS) is 22.7. The van der Waals surface area contributed by atoms with Crippen molar-refractivity contribution in [2.45, 2.75) is 50.8 Å². The zero-order valence-electron chi connectivity index (χ0n) is 20.6. The molecule has 0 amide bonds. The molecule has 214 valence electrons. The van der Waals surface area contributed by atoms with Crippen molar-refractivity contribution in [1.82, 2.24) is 9.80 Å². The summed E-state index contributed by atoms with van der Waals surface area (Å²) in [6.07, 6.45) is -9.05. The SMILES string of the molecule is CC(C)N(C)CC1COC2(COCCN(Cc3ccsc3)C2)C1.O=C(O)C(F)(F)F.O=C(O)C(F)(F)F. The molecular formula is C22H32F6N2O6S. The number of ether oxygens (including phenoxy) is 2. The molecular weight excluding hydrogens is 534 g/mol. The van der Waals surface area contributed by atoms with Crippen LogP contribution in [-0.2, 0) is 25.6 Å². The molecule has 2 saturated heterocycles. The van der Waals surface area contributed by atoms with Crippen molar-refractivity contribution in [2.24, 2.45) is 5.92 Å². The van der Waals surface area contributed by atoms with Crippen LogP contribution in [0.2, 0.25) is 0 Å². The van der Waals surface area contributed by atoms with E-state index < -0.39 is 24.3 Å². The zero-order valence-corrected chi connectivity index (χ0v) is 21.5. The van der Waals surface area contributed by atoms with Gasteiger partial charge < -0.3 is 24.6 Å². The third-order valence-corrected chi connectivity index (χ3v) is 6.35. The van der Waals surface area contributed by atoms with Crippen molar-refractivity contribution >= 4 is 23.3 Å². The summed E-state index contributed by atoms with van der Waals surface area (Å²) in [5, 5.41) is 18.7. The molecule has 37 heavy (non-hydrogen) atoms. The van der Waals surface area contributed by atoms with Crippen LogP contribution >= 0.6 is 11.3 Å². The lowest BCUT2D eigenvalue weighted by Crippen LogP contribution is -2.44. The van der Waals surface area contributed by atoms with E-state index >= 15 is 0 Å². The van der Waals surface area contributed by atoms with Crippen LogP contribution in [0.25, 0.3) is 0 Å². The van der Waals surface area contributed by atoms with Crippen molar-refractivity contribution in [3.8, 4) is 0 Å². The van der Waals surface area contributed by atoms with Crippen molar-refractivity contribution in [2.75, 3.05) is 46.5 Å². The molecule has 0 saturated carbocycles. The van der Waals surface area contributed by atoms with Gasteiger partial charge in [0.25, 0.3) is 0 Å². The third kappa shape index (κ3) is 12.4. The standard InChI is InChI=1S/C18H30N2O2S.2C2HF3O2/c1-15(2)19(3)9-17-8-18(22-11-17)13-20(5-6-21-14-18)10-16-4-7-23-12-16;2*3-2(4,5)1(6)7/h4,7,12,15,17H,5-6,8-11,13-14H2,1-3H3;2*(H,6,7). The Morgan fingerprint density at radius 2 is 1.76 bits per heavy atom. The number of aliphatic carboxylic acids is 2. The number of thiophene rings is 1. The summed E-state index contributed by atoms with van der Waals surface area (Å²) < 4.78 is 75.7. The number of hydrogen-bond donors (Lipinski definition) is 2. The summed E-state index contributed by atoms with van der Waals surface area (Å²) >= 11 is 1.77. The van der Waals surface area contributed by atoms with Gasteiger partial charge in [-0.25, -0.2) is 9.59 Å². The minimum Gasteiger partial charge on any atom is -0.475 e. The number of carboxylic acids is 2. The molecule has 0 aromatic carbocycles. The van der Waals surface area contributed by atoms with Crippen LogP contribution in [0.5, 0.6) is 0 Å². The Morgan fingerprint density at radius 1 is 1.19 bits per heavy atom. The Kier molecular flexibility index (Phi) is 12.8. The second-order valence-corrected chi connectivity index (χ2v) is 9.88. The third-order valence-electron chi connectivity index (χ3n) is 5.61. The Bertz CT molecular complexity index is 813. The largest absolute Gasteiger partial charge is 0.490 e. The molecule has 0 bridgehead atoms. The Labute approximate surface area is 214 Å². The van der Waals surface area contributed by atoms with Gasteiger partial charge in [-0.1, -0.05) is 0 Å². The lowest BCUT2D eigenvalue weighted by Gasteiger charge is -2.31. The van der Waals surface area contributed by atoms with Gasteiger partial charge in [0, 0.05) is 32.2 Å². The molecule has 3 heterocycles. The predicted molar refractivity (Wildman–Crippen MR) is 122 cm³/mol. The van der Waals surface area contributed by atoms with E-state index in [4.69, 9.17) is 29.3 Å². The Hall–Kier alpha value is -1.94. The fourth-order valence-electron chi connectivity index (χ4n) is 3.64. The monoisotopic (exact) mass is 566 g/mol. The molecule has 8 nitrogen and oxygen atoms in total. The molecule has 3 rings (SSSR count). The minimum atomic E-state index is -5.08. The molecule has 0 radical (unpaired) electrons. The first-order chi connectivity index (χ1) is 16.9. The van der Waals surface area contributed by atoms with Crippen LogP contribution in [0, 0.1) is 5.92 Å². The highest BCUT2D eigenvalue weighted by atomic mass is 32.1. The van der Waals surface area contributed by atoms with E-state index in [2.05, 4.69) is 47.5 Å². The molecule has 2 unspecified atom stereocenters. The van der Waals surface area contributed by atoms with Gasteiger partial charge in [-0.3, -0.25) is 4.90 Å². The van der Waals surface area contributed by atoms with Gasteiger partial charge in [0.05, 0.1) is 19.8 Å². The maximum absolute atomic E-state index is 10.6. The predicted octanol–water partition coefficient (Wildman–Crippen LogP) is 3.96. The highest BCUT2D eigenvalue weighted by Gasteiger charge is 2.43. The van der Waals surface area contributed by atoms with Gasteiger partial charge in [0.2, 0.25) is 0 Å². The molecule has 1 aromatic heterocycles. The van der Waals surface area contributed by atoms with Gasteiger partial charge in [-0.15, -0.1) is 0 Å². The van der Waals surface area contributed by atoms with Crippen LogP contribution in [0.4, 0.5) is 26.3 Å². The number of hydrogen-bond acceptors (Lipinski definition) is 7. The molecule has 0 aliphatic carbocycles. The molecule has 1 spiro atoms. The second-order valence-electron chi connectivity index (χ2n) is 9.10. The van der Waals surface area contributed by atoms with Gasteiger partial charge in [-0.2, -0.15) is 37.7 Å². The van der Waals surface area contributed by atoms with Crippen molar-refractivity contribution < 1.29 is 55.6 Å². The summed E-state index contributed by atoms with van der Waals surface area (Å²) in [7, 11) is 2.21. The molecule has 2 atom stereocenters. The molecule has 1 aromatic rings. The smallest absolute Gasteiger partial charge is 0.475 e. The number of rotatable bonds is 5. The van der Waals surface area contributed by atoms with E-state index in [-0.39, 0.29) is 5.60 Å². The fourth-order valence-corrected chi connectivity index (χ4v) is 4.30. The highest BCUT2D eigenvalue weighted by Crippen LogP contribution is 2.33. The first kappa shape index (κ1) is 33.1. The van der Waals surface area contributed by atoms with E-state index in [9.17, 15) is 26.3 Å². The topological polar surface area (TPSA) is 99.5 Å². The van der Waals surface area contributed by atoms with E-state index in [1.807, 2.05) is 0 Å². The summed E-state index contributed by atoms with van der Waals surface area (Å²) in [6, 6.07) is 2.81. The lowest BCUT2D eigenvalue weighted by molar-refractivity contribution is -0.193. The Balaban J connectivity index is 0.000000404. The summed E-state index contributed by atoms with van der Waals surface area (Å²) in [5.74, 6) is -4.90. The van der Waals surface area contributed by atoms with Crippen molar-refractivity contribution in [3.05, 3.63) is 22.4 Å². The van der Waals surface area contributed by atoms with Crippen LogP contribution in [0.15, 0.2) is 16.8 Å². The summed E-state index contributed by atoms with van der Waals surface area (Å²) in [5.41, 5.74) is 1.30.